The third kappa shape index (κ3) is 1.82. The van der Waals surface area contributed by atoms with E-state index in [0.29, 0.717) is 10.3 Å². The molecule has 1 amide bonds. The van der Waals surface area contributed by atoms with Gasteiger partial charge in [-0.15, -0.1) is 0 Å². The standard InChI is InChI=1S/C8H9BrN2O/c1-5-3-4-6(9)11-7(5)8(12)10-2/h3-4H,1-2H3,(H,10,12). The number of aryl methyl sites for hydroxylation is 1. The number of hydrogen-bond acceptors (Lipinski definition) is 2. The van der Waals surface area contributed by atoms with E-state index >= 15 is 0 Å². The van der Waals surface area contributed by atoms with Crippen LogP contribution in [-0.4, -0.2) is 17.9 Å². The van der Waals surface area contributed by atoms with Crippen LogP contribution >= 0.6 is 15.9 Å². The normalized spacial score (nSPS) is 9.58. The molecule has 64 valence electrons. The van der Waals surface area contributed by atoms with Crippen molar-refractivity contribution in [2.75, 3.05) is 7.05 Å². The molecule has 1 aromatic heterocycles. The maximum absolute atomic E-state index is 11.2. The fourth-order valence-electron chi connectivity index (χ4n) is 0.853. The van der Waals surface area contributed by atoms with Crippen molar-refractivity contribution in [1.82, 2.24) is 10.3 Å². The quantitative estimate of drug-likeness (QED) is 0.741. The Kier molecular flexibility index (Phi) is 2.81. The predicted molar refractivity (Wildman–Crippen MR) is 50.1 cm³/mol. The van der Waals surface area contributed by atoms with Crippen LogP contribution in [-0.2, 0) is 0 Å². The lowest BCUT2D eigenvalue weighted by molar-refractivity contribution is 0.0957. The molecule has 0 saturated heterocycles. The average Bonchev–Trinajstić information content (AvgIpc) is 2.08. The average molecular weight is 229 g/mol. The number of nitrogens with one attached hydrogen (secondary N) is 1. The summed E-state index contributed by atoms with van der Waals surface area (Å²) in [5.74, 6) is -0.159. The lowest BCUT2D eigenvalue weighted by Crippen LogP contribution is -2.20. The van der Waals surface area contributed by atoms with Crippen molar-refractivity contribution in [1.29, 1.82) is 0 Å². The van der Waals surface area contributed by atoms with Gasteiger partial charge in [0.1, 0.15) is 10.3 Å². The van der Waals surface area contributed by atoms with Gasteiger partial charge in [-0.2, -0.15) is 0 Å². The fraction of sp³-hybridized carbons (Fsp3) is 0.250. The van der Waals surface area contributed by atoms with Gasteiger partial charge in [0.25, 0.3) is 5.91 Å². The first kappa shape index (κ1) is 9.19. The summed E-state index contributed by atoms with van der Waals surface area (Å²) in [5, 5.41) is 2.53. The monoisotopic (exact) mass is 228 g/mol. The van der Waals surface area contributed by atoms with Gasteiger partial charge in [-0.05, 0) is 34.5 Å². The molecule has 0 aliphatic heterocycles. The van der Waals surface area contributed by atoms with Crippen molar-refractivity contribution >= 4 is 21.8 Å². The summed E-state index contributed by atoms with van der Waals surface area (Å²) in [6, 6.07) is 3.66. The predicted octanol–water partition coefficient (Wildman–Crippen LogP) is 1.51. The summed E-state index contributed by atoms with van der Waals surface area (Å²) in [4.78, 5) is 15.2. The number of halogens is 1. The van der Waals surface area contributed by atoms with Gasteiger partial charge < -0.3 is 5.32 Å². The largest absolute Gasteiger partial charge is 0.354 e. The van der Waals surface area contributed by atoms with Crippen molar-refractivity contribution in [3.63, 3.8) is 0 Å². The van der Waals surface area contributed by atoms with Gasteiger partial charge >= 0.3 is 0 Å². The Bertz CT molecular complexity index is 312. The highest BCUT2D eigenvalue weighted by atomic mass is 79.9. The zero-order valence-corrected chi connectivity index (χ0v) is 8.47. The number of pyridine rings is 1. The van der Waals surface area contributed by atoms with E-state index in [1.807, 2.05) is 19.1 Å². The van der Waals surface area contributed by atoms with Crippen LogP contribution in [0.15, 0.2) is 16.7 Å². The number of rotatable bonds is 1. The molecule has 0 atom stereocenters. The number of carbonyl (C=O) groups is 1. The van der Waals surface area contributed by atoms with Crippen molar-refractivity contribution in [3.05, 3.63) is 28.0 Å². The molecule has 1 rings (SSSR count). The second-order valence-corrected chi connectivity index (χ2v) is 3.19. The van der Waals surface area contributed by atoms with E-state index in [0.717, 1.165) is 5.56 Å². The van der Waals surface area contributed by atoms with Crippen LogP contribution < -0.4 is 5.32 Å². The zero-order chi connectivity index (χ0) is 9.14. The maximum Gasteiger partial charge on any atom is 0.269 e. The number of aromatic nitrogens is 1. The molecule has 0 radical (unpaired) electrons. The highest BCUT2D eigenvalue weighted by Crippen LogP contribution is 2.10. The van der Waals surface area contributed by atoms with Gasteiger partial charge in [0.15, 0.2) is 0 Å². The molecule has 12 heavy (non-hydrogen) atoms. The van der Waals surface area contributed by atoms with Gasteiger partial charge in [0, 0.05) is 7.05 Å². The second-order valence-electron chi connectivity index (χ2n) is 2.38. The molecule has 0 saturated carbocycles. The summed E-state index contributed by atoms with van der Waals surface area (Å²) in [6.07, 6.45) is 0. The van der Waals surface area contributed by atoms with Crippen molar-refractivity contribution in [3.8, 4) is 0 Å². The van der Waals surface area contributed by atoms with E-state index in [4.69, 9.17) is 0 Å². The van der Waals surface area contributed by atoms with E-state index in [1.165, 1.54) is 0 Å². The third-order valence-electron chi connectivity index (χ3n) is 1.51. The minimum atomic E-state index is -0.159. The first-order valence-corrected chi connectivity index (χ1v) is 4.29. The Morgan fingerprint density at radius 3 is 2.83 bits per heavy atom. The molecular formula is C8H9BrN2O. The van der Waals surface area contributed by atoms with Crippen LogP contribution in [0.1, 0.15) is 16.1 Å². The molecule has 1 heterocycles. The lowest BCUT2D eigenvalue weighted by Gasteiger charge is -2.02. The zero-order valence-electron chi connectivity index (χ0n) is 6.89. The number of amides is 1. The summed E-state index contributed by atoms with van der Waals surface area (Å²) >= 11 is 3.20. The SMILES string of the molecule is CNC(=O)c1nc(Br)ccc1C. The van der Waals surface area contributed by atoms with E-state index in [1.54, 1.807) is 7.05 Å². The van der Waals surface area contributed by atoms with Crippen LogP contribution in [0.5, 0.6) is 0 Å². The van der Waals surface area contributed by atoms with Gasteiger partial charge in [0.05, 0.1) is 0 Å². The van der Waals surface area contributed by atoms with Crippen LogP contribution in [0.3, 0.4) is 0 Å². The van der Waals surface area contributed by atoms with Crippen molar-refractivity contribution in [2.24, 2.45) is 0 Å². The molecule has 0 bridgehead atoms. The first-order chi connectivity index (χ1) is 5.65. The van der Waals surface area contributed by atoms with E-state index < -0.39 is 0 Å². The van der Waals surface area contributed by atoms with Crippen molar-refractivity contribution < 1.29 is 4.79 Å². The van der Waals surface area contributed by atoms with Crippen LogP contribution in [0.2, 0.25) is 0 Å². The molecule has 0 unspecified atom stereocenters. The summed E-state index contributed by atoms with van der Waals surface area (Å²) in [6.45, 7) is 1.85. The highest BCUT2D eigenvalue weighted by molar-refractivity contribution is 9.10. The maximum atomic E-state index is 11.2. The lowest BCUT2D eigenvalue weighted by atomic mass is 10.2. The molecule has 3 nitrogen and oxygen atoms in total. The Morgan fingerprint density at radius 2 is 2.25 bits per heavy atom. The number of nitrogens with zero attached hydrogens (tertiary/aromatic N) is 1. The number of carbonyl (C=O) groups excluding carboxylic acids is 1. The first-order valence-electron chi connectivity index (χ1n) is 3.50. The third-order valence-corrected chi connectivity index (χ3v) is 1.95. The second kappa shape index (κ2) is 3.67. The Labute approximate surface area is 79.3 Å². The van der Waals surface area contributed by atoms with E-state index in [9.17, 15) is 4.79 Å². The van der Waals surface area contributed by atoms with Gasteiger partial charge in [-0.3, -0.25) is 4.79 Å². The molecular weight excluding hydrogens is 220 g/mol. The van der Waals surface area contributed by atoms with Gasteiger partial charge in [-0.25, -0.2) is 4.98 Å². The summed E-state index contributed by atoms with van der Waals surface area (Å²) in [5.41, 5.74) is 1.34. The topological polar surface area (TPSA) is 42.0 Å². The molecule has 4 heteroatoms. The molecule has 0 spiro atoms. The van der Waals surface area contributed by atoms with Crippen LogP contribution in [0.25, 0.3) is 0 Å². The fourth-order valence-corrected chi connectivity index (χ4v) is 1.16. The van der Waals surface area contributed by atoms with E-state index in [2.05, 4.69) is 26.2 Å². The Morgan fingerprint density at radius 1 is 1.58 bits per heavy atom. The smallest absolute Gasteiger partial charge is 0.269 e. The molecule has 0 aliphatic carbocycles. The van der Waals surface area contributed by atoms with Crippen LogP contribution in [0, 0.1) is 6.92 Å². The highest BCUT2D eigenvalue weighted by Gasteiger charge is 2.08. The summed E-state index contributed by atoms with van der Waals surface area (Å²) < 4.78 is 0.673. The molecule has 0 fully saturated rings. The molecule has 1 N–H and O–H groups in total. The molecule has 0 aliphatic rings. The molecule has 0 aromatic carbocycles. The Hall–Kier alpha value is -0.900. The minimum Gasteiger partial charge on any atom is -0.354 e. The molecule has 1 aromatic rings. The Balaban J connectivity index is 3.13. The van der Waals surface area contributed by atoms with Crippen molar-refractivity contribution in [2.45, 2.75) is 6.92 Å². The van der Waals surface area contributed by atoms with E-state index in [-0.39, 0.29) is 5.91 Å². The van der Waals surface area contributed by atoms with Gasteiger partial charge in [0.2, 0.25) is 0 Å². The van der Waals surface area contributed by atoms with Crippen LogP contribution in [0.4, 0.5) is 0 Å². The minimum absolute atomic E-state index is 0.159. The summed E-state index contributed by atoms with van der Waals surface area (Å²) in [7, 11) is 1.59. The van der Waals surface area contributed by atoms with Gasteiger partial charge in [-0.1, -0.05) is 6.07 Å². The number of hydrogen-bond donors (Lipinski definition) is 1.